The van der Waals surface area contributed by atoms with Gasteiger partial charge in [0.25, 0.3) is 0 Å². The van der Waals surface area contributed by atoms with Gasteiger partial charge in [0.05, 0.1) is 6.54 Å². The third-order valence-corrected chi connectivity index (χ3v) is 3.26. The van der Waals surface area contributed by atoms with E-state index in [1.807, 2.05) is 6.92 Å². The third-order valence-electron chi connectivity index (χ3n) is 3.26. The highest BCUT2D eigenvalue weighted by Gasteiger charge is 2.17. The molecule has 0 aliphatic carbocycles. The van der Waals surface area contributed by atoms with Crippen molar-refractivity contribution in [2.24, 2.45) is 0 Å². The lowest BCUT2D eigenvalue weighted by Crippen LogP contribution is -2.43. The number of aromatic nitrogens is 2. The van der Waals surface area contributed by atoms with E-state index in [1.54, 1.807) is 0 Å². The van der Waals surface area contributed by atoms with Crippen molar-refractivity contribution in [1.29, 1.82) is 0 Å². The smallest absolute Gasteiger partial charge is 0.230 e. The average Bonchev–Trinajstić information content (AvgIpc) is 2.75. The summed E-state index contributed by atoms with van der Waals surface area (Å²) in [5.41, 5.74) is 0. The molecular formula is C12H22N4O. The molecule has 2 heterocycles. The zero-order chi connectivity index (χ0) is 12.1. The number of likely N-dealkylation sites (N-methyl/N-ethyl adjacent to an activating group) is 1. The summed E-state index contributed by atoms with van der Waals surface area (Å²) >= 11 is 0. The molecule has 1 unspecified atom stereocenters. The van der Waals surface area contributed by atoms with Gasteiger partial charge in [0.15, 0.2) is 0 Å². The summed E-state index contributed by atoms with van der Waals surface area (Å²) in [5.74, 6) is 1.37. The lowest BCUT2D eigenvalue weighted by atomic mass is 10.0. The Kier molecular flexibility index (Phi) is 4.50. The van der Waals surface area contributed by atoms with Crippen LogP contribution in [0.2, 0.25) is 0 Å². The van der Waals surface area contributed by atoms with Gasteiger partial charge in [-0.15, -0.1) is 10.2 Å². The van der Waals surface area contributed by atoms with Gasteiger partial charge in [-0.3, -0.25) is 4.90 Å². The second kappa shape index (κ2) is 6.12. The van der Waals surface area contributed by atoms with Crippen molar-refractivity contribution in [2.75, 3.05) is 19.6 Å². The number of rotatable bonds is 5. The maximum Gasteiger partial charge on any atom is 0.230 e. The summed E-state index contributed by atoms with van der Waals surface area (Å²) in [6.07, 6.45) is 3.93. The van der Waals surface area contributed by atoms with Crippen LogP contribution in [0.5, 0.6) is 0 Å². The van der Waals surface area contributed by atoms with E-state index in [0.29, 0.717) is 11.9 Å². The molecule has 1 aromatic heterocycles. The van der Waals surface area contributed by atoms with Crippen molar-refractivity contribution in [2.45, 2.75) is 45.7 Å². The van der Waals surface area contributed by atoms with Crippen LogP contribution in [0.4, 0.5) is 0 Å². The molecule has 1 aliphatic heterocycles. The van der Waals surface area contributed by atoms with Gasteiger partial charge in [-0.25, -0.2) is 0 Å². The lowest BCUT2D eigenvalue weighted by molar-refractivity contribution is 0.208. The highest BCUT2D eigenvalue weighted by atomic mass is 16.4. The monoisotopic (exact) mass is 238 g/mol. The molecule has 0 spiro atoms. The van der Waals surface area contributed by atoms with Gasteiger partial charge in [0.2, 0.25) is 11.8 Å². The topological polar surface area (TPSA) is 54.2 Å². The van der Waals surface area contributed by atoms with E-state index >= 15 is 0 Å². The Labute approximate surface area is 103 Å². The fourth-order valence-corrected chi connectivity index (χ4v) is 2.29. The Morgan fingerprint density at radius 2 is 2.29 bits per heavy atom. The van der Waals surface area contributed by atoms with Crippen molar-refractivity contribution in [1.82, 2.24) is 20.4 Å². The lowest BCUT2D eigenvalue weighted by Gasteiger charge is -2.29. The molecule has 5 nitrogen and oxygen atoms in total. The molecule has 2 rings (SSSR count). The molecule has 0 bridgehead atoms. The number of nitrogens with one attached hydrogen (secondary N) is 1. The number of aryl methyl sites for hydroxylation is 1. The number of hydrogen-bond donors (Lipinski definition) is 1. The molecule has 1 atom stereocenters. The minimum atomic E-state index is 0.618. The van der Waals surface area contributed by atoms with Crippen LogP contribution < -0.4 is 5.32 Å². The molecule has 1 aliphatic rings. The highest BCUT2D eigenvalue weighted by Crippen LogP contribution is 2.10. The van der Waals surface area contributed by atoms with E-state index in [4.69, 9.17) is 4.42 Å². The zero-order valence-corrected chi connectivity index (χ0v) is 10.8. The highest BCUT2D eigenvalue weighted by molar-refractivity contribution is 4.82. The van der Waals surface area contributed by atoms with Gasteiger partial charge in [0, 0.05) is 19.5 Å². The Morgan fingerprint density at radius 1 is 1.41 bits per heavy atom. The quantitative estimate of drug-likeness (QED) is 0.839. The van der Waals surface area contributed by atoms with Gasteiger partial charge in [-0.05, 0) is 25.9 Å². The van der Waals surface area contributed by atoms with Crippen LogP contribution >= 0.6 is 0 Å². The predicted octanol–water partition coefficient (Wildman–Crippen LogP) is 1.34. The van der Waals surface area contributed by atoms with Crippen LogP contribution in [0, 0.1) is 6.92 Å². The standard InChI is InChI=1S/C12H22N4O/c1-3-16(8-11-6-4-5-7-13-11)9-12-15-14-10(2)17-12/h11,13H,3-9H2,1-2H3. The first kappa shape index (κ1) is 12.5. The van der Waals surface area contributed by atoms with Crippen molar-refractivity contribution < 1.29 is 4.42 Å². The van der Waals surface area contributed by atoms with Crippen molar-refractivity contribution in [3.8, 4) is 0 Å². The minimum absolute atomic E-state index is 0.618. The minimum Gasteiger partial charge on any atom is -0.424 e. The summed E-state index contributed by atoms with van der Waals surface area (Å²) in [5, 5.41) is 11.5. The maximum absolute atomic E-state index is 5.42. The molecule has 96 valence electrons. The summed E-state index contributed by atoms with van der Waals surface area (Å²) in [7, 11) is 0. The third kappa shape index (κ3) is 3.78. The van der Waals surface area contributed by atoms with Gasteiger partial charge < -0.3 is 9.73 Å². The molecule has 17 heavy (non-hydrogen) atoms. The van der Waals surface area contributed by atoms with Crippen LogP contribution in [-0.2, 0) is 6.54 Å². The summed E-state index contributed by atoms with van der Waals surface area (Å²) < 4.78 is 5.42. The number of nitrogens with zero attached hydrogens (tertiary/aromatic N) is 3. The first-order chi connectivity index (χ1) is 8.28. The fourth-order valence-electron chi connectivity index (χ4n) is 2.29. The number of piperidine rings is 1. The summed E-state index contributed by atoms with van der Waals surface area (Å²) in [4.78, 5) is 2.36. The molecule has 5 heteroatoms. The first-order valence-corrected chi connectivity index (χ1v) is 6.52. The van der Waals surface area contributed by atoms with E-state index in [9.17, 15) is 0 Å². The molecule has 1 saturated heterocycles. The second-order valence-electron chi connectivity index (χ2n) is 4.69. The van der Waals surface area contributed by atoms with E-state index in [1.165, 1.54) is 19.3 Å². The zero-order valence-electron chi connectivity index (χ0n) is 10.8. The fraction of sp³-hybridized carbons (Fsp3) is 0.833. The second-order valence-corrected chi connectivity index (χ2v) is 4.69. The average molecular weight is 238 g/mol. The largest absolute Gasteiger partial charge is 0.424 e. The molecule has 0 saturated carbocycles. The molecular weight excluding hydrogens is 216 g/mol. The van der Waals surface area contributed by atoms with Gasteiger partial charge in [-0.2, -0.15) is 0 Å². The van der Waals surface area contributed by atoms with Crippen LogP contribution in [0.1, 0.15) is 38.0 Å². The summed E-state index contributed by atoms with van der Waals surface area (Å²) in [6.45, 7) is 8.00. The van der Waals surface area contributed by atoms with Gasteiger partial charge >= 0.3 is 0 Å². The van der Waals surface area contributed by atoms with Crippen molar-refractivity contribution in [3.63, 3.8) is 0 Å². The first-order valence-electron chi connectivity index (χ1n) is 6.52. The summed E-state index contributed by atoms with van der Waals surface area (Å²) in [6, 6.07) is 0.618. The van der Waals surface area contributed by atoms with E-state index in [-0.39, 0.29) is 0 Å². The Morgan fingerprint density at radius 3 is 2.88 bits per heavy atom. The van der Waals surface area contributed by atoms with Crippen LogP contribution in [0.25, 0.3) is 0 Å². The van der Waals surface area contributed by atoms with E-state index in [2.05, 4.69) is 27.3 Å². The van der Waals surface area contributed by atoms with Crippen LogP contribution in [0.3, 0.4) is 0 Å². The molecule has 0 radical (unpaired) electrons. The van der Waals surface area contributed by atoms with Crippen molar-refractivity contribution in [3.05, 3.63) is 11.8 Å². The number of hydrogen-bond acceptors (Lipinski definition) is 5. The molecule has 0 amide bonds. The van der Waals surface area contributed by atoms with E-state index in [0.717, 1.165) is 32.1 Å². The molecule has 1 fully saturated rings. The Bertz CT molecular complexity index is 333. The van der Waals surface area contributed by atoms with Crippen LogP contribution in [0.15, 0.2) is 4.42 Å². The van der Waals surface area contributed by atoms with Crippen molar-refractivity contribution >= 4 is 0 Å². The SMILES string of the molecule is CCN(Cc1nnc(C)o1)CC1CCCCN1. The molecule has 1 N–H and O–H groups in total. The van der Waals surface area contributed by atoms with E-state index < -0.39 is 0 Å². The van der Waals surface area contributed by atoms with Gasteiger partial charge in [-0.1, -0.05) is 13.3 Å². The normalized spacial score (nSPS) is 21.0. The predicted molar refractivity (Wildman–Crippen MR) is 65.6 cm³/mol. The molecule has 1 aromatic rings. The molecule has 0 aromatic carbocycles. The maximum atomic E-state index is 5.42. The van der Waals surface area contributed by atoms with Crippen LogP contribution in [-0.4, -0.2) is 40.8 Å². The Hall–Kier alpha value is -0.940. The Balaban J connectivity index is 1.83. The van der Waals surface area contributed by atoms with Gasteiger partial charge in [0.1, 0.15) is 0 Å².